The number of carbonyl (C=O) groups excluding carboxylic acids is 1. The zero-order chi connectivity index (χ0) is 18.5. The number of benzene rings is 1. The highest BCUT2D eigenvalue weighted by Gasteiger charge is 2.15. The maximum atomic E-state index is 12.4. The van der Waals surface area contributed by atoms with Crippen LogP contribution < -0.4 is 10.9 Å². The molecule has 0 aliphatic rings. The summed E-state index contributed by atoms with van der Waals surface area (Å²) in [6, 6.07) is 13.0. The molecule has 26 heavy (non-hydrogen) atoms. The highest BCUT2D eigenvalue weighted by atomic mass is 16.2. The zero-order valence-electron chi connectivity index (χ0n) is 15.2. The maximum Gasteiger partial charge on any atom is 0.250 e. The summed E-state index contributed by atoms with van der Waals surface area (Å²) in [5.41, 5.74) is 1.86. The summed E-state index contributed by atoms with van der Waals surface area (Å²) in [5.74, 6) is 1.10. The van der Waals surface area contributed by atoms with Gasteiger partial charge in [0.1, 0.15) is 12.4 Å². The summed E-state index contributed by atoms with van der Waals surface area (Å²) in [4.78, 5) is 28.7. The maximum absolute atomic E-state index is 12.4. The number of nitrogens with zero attached hydrogens (tertiary/aromatic N) is 3. The van der Waals surface area contributed by atoms with Crippen LogP contribution in [0.25, 0.3) is 11.0 Å². The number of carbonyl (C=O) groups is 1. The van der Waals surface area contributed by atoms with Gasteiger partial charge in [0, 0.05) is 31.3 Å². The van der Waals surface area contributed by atoms with Crippen molar-refractivity contribution in [2.75, 3.05) is 6.54 Å². The van der Waals surface area contributed by atoms with Gasteiger partial charge in [-0.1, -0.05) is 32.0 Å². The Kier molecular flexibility index (Phi) is 5.51. The second-order valence-electron chi connectivity index (χ2n) is 6.64. The van der Waals surface area contributed by atoms with Crippen LogP contribution >= 0.6 is 0 Å². The smallest absolute Gasteiger partial charge is 0.250 e. The van der Waals surface area contributed by atoms with Gasteiger partial charge in [0.25, 0.3) is 0 Å². The predicted octanol–water partition coefficient (Wildman–Crippen LogP) is 2.53. The number of amides is 1. The molecular formula is C20H24N4O2. The molecule has 136 valence electrons. The zero-order valence-corrected chi connectivity index (χ0v) is 15.2. The standard InChI is InChI=1S/C20H24N4O2/c1-15(2)20-22-16-8-3-4-9-17(16)24(20)14-18(25)21-11-7-13-23-12-6-5-10-19(23)26/h3-6,8-10,12,15H,7,11,13-14H2,1-2H3,(H,21,25). The number of para-hydroxylation sites is 2. The molecule has 0 unspecified atom stereocenters. The van der Waals surface area contributed by atoms with E-state index in [1.807, 2.05) is 34.9 Å². The first-order valence-electron chi connectivity index (χ1n) is 8.93. The van der Waals surface area contributed by atoms with E-state index in [1.165, 1.54) is 6.07 Å². The molecule has 0 atom stereocenters. The highest BCUT2D eigenvalue weighted by Crippen LogP contribution is 2.21. The summed E-state index contributed by atoms with van der Waals surface area (Å²) >= 11 is 0. The van der Waals surface area contributed by atoms with Gasteiger partial charge in [-0.2, -0.15) is 0 Å². The first-order valence-corrected chi connectivity index (χ1v) is 8.93. The third-order valence-corrected chi connectivity index (χ3v) is 4.30. The Morgan fingerprint density at radius 2 is 1.92 bits per heavy atom. The largest absolute Gasteiger partial charge is 0.354 e. The lowest BCUT2D eigenvalue weighted by atomic mass is 10.2. The van der Waals surface area contributed by atoms with E-state index in [1.54, 1.807) is 16.8 Å². The van der Waals surface area contributed by atoms with E-state index in [0.29, 0.717) is 19.5 Å². The quantitative estimate of drug-likeness (QED) is 0.664. The van der Waals surface area contributed by atoms with Crippen LogP contribution in [0.15, 0.2) is 53.5 Å². The van der Waals surface area contributed by atoms with E-state index in [4.69, 9.17) is 0 Å². The Hall–Kier alpha value is -2.89. The third kappa shape index (κ3) is 4.02. The number of fused-ring (bicyclic) bond motifs is 1. The highest BCUT2D eigenvalue weighted by molar-refractivity contribution is 5.81. The van der Waals surface area contributed by atoms with Gasteiger partial charge in [-0.15, -0.1) is 0 Å². The lowest BCUT2D eigenvalue weighted by Gasteiger charge is -2.12. The molecular weight excluding hydrogens is 328 g/mol. The number of aromatic nitrogens is 3. The fourth-order valence-electron chi connectivity index (χ4n) is 3.02. The van der Waals surface area contributed by atoms with Gasteiger partial charge in [0.15, 0.2) is 0 Å². The monoisotopic (exact) mass is 352 g/mol. The van der Waals surface area contributed by atoms with Crippen LogP contribution in [0.5, 0.6) is 0 Å². The van der Waals surface area contributed by atoms with Crippen LogP contribution in [0.1, 0.15) is 32.0 Å². The third-order valence-electron chi connectivity index (χ3n) is 4.30. The van der Waals surface area contributed by atoms with Crippen LogP contribution in [0, 0.1) is 0 Å². The average Bonchev–Trinajstić information content (AvgIpc) is 2.99. The van der Waals surface area contributed by atoms with E-state index in [0.717, 1.165) is 16.9 Å². The number of nitrogens with one attached hydrogen (secondary N) is 1. The van der Waals surface area contributed by atoms with Crippen LogP contribution in [-0.4, -0.2) is 26.6 Å². The van der Waals surface area contributed by atoms with Crippen molar-refractivity contribution in [3.63, 3.8) is 0 Å². The molecule has 6 heteroatoms. The molecule has 0 spiro atoms. The summed E-state index contributed by atoms with van der Waals surface area (Å²) in [5, 5.41) is 2.94. The average molecular weight is 352 g/mol. The molecule has 2 aromatic heterocycles. The van der Waals surface area contributed by atoms with Crippen molar-refractivity contribution in [1.82, 2.24) is 19.4 Å². The molecule has 0 aliphatic heterocycles. The minimum Gasteiger partial charge on any atom is -0.354 e. The van der Waals surface area contributed by atoms with Gasteiger partial charge in [-0.25, -0.2) is 4.98 Å². The van der Waals surface area contributed by atoms with Gasteiger partial charge in [0.05, 0.1) is 11.0 Å². The van der Waals surface area contributed by atoms with Crippen molar-refractivity contribution >= 4 is 16.9 Å². The molecule has 0 saturated carbocycles. The van der Waals surface area contributed by atoms with E-state index < -0.39 is 0 Å². The van der Waals surface area contributed by atoms with Crippen molar-refractivity contribution in [2.45, 2.75) is 39.3 Å². The van der Waals surface area contributed by atoms with Gasteiger partial charge >= 0.3 is 0 Å². The molecule has 2 heterocycles. The molecule has 6 nitrogen and oxygen atoms in total. The Morgan fingerprint density at radius 1 is 1.15 bits per heavy atom. The number of imidazole rings is 1. The number of pyridine rings is 1. The second-order valence-corrected chi connectivity index (χ2v) is 6.64. The molecule has 0 fully saturated rings. The molecule has 1 amide bonds. The molecule has 1 aromatic carbocycles. The van der Waals surface area contributed by atoms with Gasteiger partial charge in [-0.05, 0) is 24.6 Å². The fourth-order valence-corrected chi connectivity index (χ4v) is 3.02. The van der Waals surface area contributed by atoms with E-state index in [-0.39, 0.29) is 23.9 Å². The van der Waals surface area contributed by atoms with Crippen LogP contribution in [-0.2, 0) is 17.9 Å². The fraction of sp³-hybridized carbons (Fsp3) is 0.350. The first-order chi connectivity index (χ1) is 12.6. The molecule has 0 radical (unpaired) electrons. The van der Waals surface area contributed by atoms with Crippen molar-refractivity contribution in [1.29, 1.82) is 0 Å². The number of hydrogen-bond acceptors (Lipinski definition) is 3. The molecule has 0 bridgehead atoms. The van der Waals surface area contributed by atoms with Gasteiger partial charge < -0.3 is 14.5 Å². The molecule has 3 aromatic rings. The number of aryl methyl sites for hydroxylation is 1. The molecule has 1 N–H and O–H groups in total. The molecule has 3 rings (SSSR count). The van der Waals surface area contributed by atoms with Crippen molar-refractivity contribution in [3.05, 3.63) is 64.8 Å². The summed E-state index contributed by atoms with van der Waals surface area (Å²) < 4.78 is 3.63. The Labute approximate surface area is 152 Å². The Balaban J connectivity index is 1.60. The van der Waals surface area contributed by atoms with Crippen LogP contribution in [0.3, 0.4) is 0 Å². The van der Waals surface area contributed by atoms with Gasteiger partial charge in [0.2, 0.25) is 11.5 Å². The topological polar surface area (TPSA) is 68.9 Å². The van der Waals surface area contributed by atoms with Crippen LogP contribution in [0.4, 0.5) is 0 Å². The first kappa shape index (κ1) is 17.9. The predicted molar refractivity (Wildman–Crippen MR) is 102 cm³/mol. The van der Waals surface area contributed by atoms with Crippen molar-refractivity contribution < 1.29 is 4.79 Å². The van der Waals surface area contributed by atoms with E-state index in [9.17, 15) is 9.59 Å². The second kappa shape index (κ2) is 7.99. The number of hydrogen-bond donors (Lipinski definition) is 1. The lowest BCUT2D eigenvalue weighted by Crippen LogP contribution is -2.30. The van der Waals surface area contributed by atoms with E-state index in [2.05, 4.69) is 24.1 Å². The summed E-state index contributed by atoms with van der Waals surface area (Å²) in [6.07, 6.45) is 2.47. The SMILES string of the molecule is CC(C)c1nc2ccccc2n1CC(=O)NCCCn1ccccc1=O. The minimum absolute atomic E-state index is 0.0229. The summed E-state index contributed by atoms with van der Waals surface area (Å²) in [6.45, 7) is 5.52. The van der Waals surface area contributed by atoms with Gasteiger partial charge in [-0.3, -0.25) is 9.59 Å². The van der Waals surface area contributed by atoms with Crippen molar-refractivity contribution in [3.8, 4) is 0 Å². The molecule has 0 aliphatic carbocycles. The number of rotatable bonds is 7. The summed E-state index contributed by atoms with van der Waals surface area (Å²) in [7, 11) is 0. The minimum atomic E-state index is -0.0459. The Morgan fingerprint density at radius 3 is 2.69 bits per heavy atom. The Bertz CT molecular complexity index is 956. The molecule has 0 saturated heterocycles. The lowest BCUT2D eigenvalue weighted by molar-refractivity contribution is -0.121. The van der Waals surface area contributed by atoms with Crippen molar-refractivity contribution in [2.24, 2.45) is 0 Å². The normalized spacial score (nSPS) is 11.2. The van der Waals surface area contributed by atoms with Crippen LogP contribution in [0.2, 0.25) is 0 Å². The van der Waals surface area contributed by atoms with E-state index >= 15 is 0 Å².